The van der Waals surface area contributed by atoms with E-state index in [0.29, 0.717) is 11.3 Å². The van der Waals surface area contributed by atoms with Gasteiger partial charge in [0.2, 0.25) is 5.76 Å². The smallest absolute Gasteiger partial charge is 0.295 e. The average molecular weight is 403 g/mol. The number of carbonyl (C=O) groups is 1. The third-order valence-electron chi connectivity index (χ3n) is 5.30. The van der Waals surface area contributed by atoms with Gasteiger partial charge in [-0.25, -0.2) is 8.78 Å². The summed E-state index contributed by atoms with van der Waals surface area (Å²) >= 11 is 0. The number of hydrogen-bond donors (Lipinski definition) is 0. The van der Waals surface area contributed by atoms with Gasteiger partial charge in [-0.05, 0) is 60.5 Å². The maximum atomic E-state index is 13.8. The fourth-order valence-electron chi connectivity index (χ4n) is 3.95. The van der Waals surface area contributed by atoms with Crippen LogP contribution in [-0.4, -0.2) is 5.91 Å². The van der Waals surface area contributed by atoms with Gasteiger partial charge in [-0.3, -0.25) is 14.5 Å². The molecular weight excluding hydrogens is 388 g/mol. The summed E-state index contributed by atoms with van der Waals surface area (Å²) in [5.41, 5.74) is 1.83. The number of amides is 1. The zero-order chi connectivity index (χ0) is 21.0. The second-order valence-electron chi connectivity index (χ2n) is 7.28. The monoisotopic (exact) mass is 403 g/mol. The standard InChI is InChI=1S/C24H15F2NO3/c1-13-3-2-4-17(11-13)27-21(14-5-7-15(25)8-6-14)20-22(28)18-12-16(26)9-10-19(18)30-23(20)24(27)29/h2-12,21H,1H3. The van der Waals surface area contributed by atoms with Crippen LogP contribution in [0.5, 0.6) is 0 Å². The summed E-state index contributed by atoms with van der Waals surface area (Å²) in [4.78, 5) is 28.2. The number of benzene rings is 3. The number of halogens is 2. The predicted molar refractivity (Wildman–Crippen MR) is 109 cm³/mol. The number of anilines is 1. The van der Waals surface area contributed by atoms with Gasteiger partial charge in [-0.2, -0.15) is 0 Å². The van der Waals surface area contributed by atoms with Crippen LogP contribution < -0.4 is 10.3 Å². The minimum absolute atomic E-state index is 0.0553. The first-order chi connectivity index (χ1) is 14.4. The molecule has 0 radical (unpaired) electrons. The van der Waals surface area contributed by atoms with E-state index in [1.807, 2.05) is 25.1 Å². The number of rotatable bonds is 2. The Labute approximate surface area is 170 Å². The van der Waals surface area contributed by atoms with Crippen molar-refractivity contribution in [1.82, 2.24) is 0 Å². The molecule has 1 amide bonds. The quantitative estimate of drug-likeness (QED) is 0.466. The van der Waals surface area contributed by atoms with E-state index in [9.17, 15) is 18.4 Å². The Hall–Kier alpha value is -3.80. The molecule has 1 aliphatic heterocycles. The Kier molecular flexibility index (Phi) is 4.03. The van der Waals surface area contributed by atoms with Gasteiger partial charge in [-0.1, -0.05) is 24.3 Å². The van der Waals surface area contributed by atoms with E-state index >= 15 is 0 Å². The largest absolute Gasteiger partial charge is 0.450 e. The Bertz CT molecular complexity index is 1380. The lowest BCUT2D eigenvalue weighted by atomic mass is 9.98. The highest BCUT2D eigenvalue weighted by atomic mass is 19.1. The lowest BCUT2D eigenvalue weighted by Gasteiger charge is -2.25. The van der Waals surface area contributed by atoms with Crippen LogP contribution in [-0.2, 0) is 0 Å². The van der Waals surface area contributed by atoms with Crippen molar-refractivity contribution in [3.05, 3.63) is 111 Å². The Morgan fingerprint density at radius 2 is 1.63 bits per heavy atom. The van der Waals surface area contributed by atoms with Crippen LogP contribution >= 0.6 is 0 Å². The summed E-state index contributed by atoms with van der Waals surface area (Å²) in [5, 5.41) is 0.0553. The molecule has 3 aromatic carbocycles. The van der Waals surface area contributed by atoms with Gasteiger partial charge in [0.25, 0.3) is 5.91 Å². The molecule has 148 valence electrons. The van der Waals surface area contributed by atoms with Crippen LogP contribution in [0.1, 0.15) is 33.3 Å². The summed E-state index contributed by atoms with van der Waals surface area (Å²) in [6.45, 7) is 1.89. The Morgan fingerprint density at radius 1 is 0.900 bits per heavy atom. The lowest BCUT2D eigenvalue weighted by Crippen LogP contribution is -2.29. The molecule has 0 bridgehead atoms. The molecule has 1 aliphatic rings. The molecule has 1 aromatic heterocycles. The average Bonchev–Trinajstić information content (AvgIpc) is 3.02. The second kappa shape index (κ2) is 6.62. The summed E-state index contributed by atoms with van der Waals surface area (Å²) in [6.07, 6.45) is 0. The van der Waals surface area contributed by atoms with E-state index in [1.54, 1.807) is 6.07 Å². The fourth-order valence-corrected chi connectivity index (χ4v) is 3.95. The van der Waals surface area contributed by atoms with Crippen LogP contribution in [0.25, 0.3) is 11.0 Å². The molecule has 1 unspecified atom stereocenters. The van der Waals surface area contributed by atoms with Crippen molar-refractivity contribution >= 4 is 22.6 Å². The molecule has 0 N–H and O–H groups in total. The van der Waals surface area contributed by atoms with Crippen LogP contribution in [0.15, 0.2) is 75.9 Å². The molecular formula is C24H15F2NO3. The number of fused-ring (bicyclic) bond motifs is 2. The summed E-state index contributed by atoms with van der Waals surface area (Å²) in [6, 6.07) is 15.7. The Morgan fingerprint density at radius 3 is 2.37 bits per heavy atom. The van der Waals surface area contributed by atoms with Crippen LogP contribution in [0.3, 0.4) is 0 Å². The van der Waals surface area contributed by atoms with Gasteiger partial charge in [0.15, 0.2) is 5.43 Å². The maximum absolute atomic E-state index is 13.8. The van der Waals surface area contributed by atoms with Gasteiger partial charge in [0.05, 0.1) is 17.0 Å². The van der Waals surface area contributed by atoms with Crippen molar-refractivity contribution in [2.45, 2.75) is 13.0 Å². The van der Waals surface area contributed by atoms with Crippen LogP contribution in [0, 0.1) is 18.6 Å². The SMILES string of the molecule is Cc1cccc(N2C(=O)c3oc4ccc(F)cc4c(=O)c3C2c2ccc(F)cc2)c1. The molecule has 4 aromatic rings. The lowest BCUT2D eigenvalue weighted by molar-refractivity contribution is 0.0971. The van der Waals surface area contributed by atoms with Gasteiger partial charge < -0.3 is 4.42 Å². The highest BCUT2D eigenvalue weighted by Crippen LogP contribution is 2.41. The molecule has 6 heteroatoms. The number of nitrogens with zero attached hydrogens (tertiary/aromatic N) is 1. The molecule has 0 saturated carbocycles. The van der Waals surface area contributed by atoms with Crippen molar-refractivity contribution in [3.63, 3.8) is 0 Å². The molecule has 0 fully saturated rings. The molecule has 30 heavy (non-hydrogen) atoms. The number of hydrogen-bond acceptors (Lipinski definition) is 3. The van der Waals surface area contributed by atoms with E-state index in [2.05, 4.69) is 0 Å². The highest BCUT2D eigenvalue weighted by Gasteiger charge is 2.43. The van der Waals surface area contributed by atoms with Gasteiger partial charge in [0, 0.05) is 5.69 Å². The van der Waals surface area contributed by atoms with E-state index in [1.165, 1.54) is 41.3 Å². The third kappa shape index (κ3) is 2.72. The van der Waals surface area contributed by atoms with E-state index in [-0.39, 0.29) is 22.3 Å². The van der Waals surface area contributed by atoms with Gasteiger partial charge in [-0.15, -0.1) is 0 Å². The van der Waals surface area contributed by atoms with Crippen LogP contribution in [0.2, 0.25) is 0 Å². The molecule has 0 aliphatic carbocycles. The van der Waals surface area contributed by atoms with Crippen molar-refractivity contribution in [2.24, 2.45) is 0 Å². The van der Waals surface area contributed by atoms with E-state index in [0.717, 1.165) is 11.6 Å². The minimum Gasteiger partial charge on any atom is -0.450 e. The molecule has 4 nitrogen and oxygen atoms in total. The van der Waals surface area contributed by atoms with Crippen molar-refractivity contribution in [3.8, 4) is 0 Å². The zero-order valence-corrected chi connectivity index (χ0v) is 15.9. The summed E-state index contributed by atoms with van der Waals surface area (Å²) in [5.74, 6) is -1.57. The van der Waals surface area contributed by atoms with E-state index < -0.39 is 29.0 Å². The minimum atomic E-state index is -0.821. The summed E-state index contributed by atoms with van der Waals surface area (Å²) in [7, 11) is 0. The zero-order valence-electron chi connectivity index (χ0n) is 15.9. The highest BCUT2D eigenvalue weighted by molar-refractivity contribution is 6.10. The van der Waals surface area contributed by atoms with Gasteiger partial charge >= 0.3 is 0 Å². The van der Waals surface area contributed by atoms with Crippen molar-refractivity contribution < 1.29 is 18.0 Å². The molecule has 0 saturated heterocycles. The molecule has 0 spiro atoms. The summed E-state index contributed by atoms with van der Waals surface area (Å²) < 4.78 is 33.1. The van der Waals surface area contributed by atoms with Gasteiger partial charge in [0.1, 0.15) is 17.2 Å². The third-order valence-corrected chi connectivity index (χ3v) is 5.30. The first-order valence-corrected chi connectivity index (χ1v) is 9.36. The van der Waals surface area contributed by atoms with Crippen molar-refractivity contribution in [2.75, 3.05) is 4.90 Å². The number of carbonyl (C=O) groups excluding carboxylic acids is 1. The Balaban J connectivity index is 1.83. The molecule has 5 rings (SSSR count). The van der Waals surface area contributed by atoms with Crippen LogP contribution in [0.4, 0.5) is 14.5 Å². The van der Waals surface area contributed by atoms with Crippen molar-refractivity contribution in [1.29, 1.82) is 0 Å². The molecule has 1 atom stereocenters. The van der Waals surface area contributed by atoms with E-state index in [4.69, 9.17) is 4.42 Å². The fraction of sp³-hybridized carbons (Fsp3) is 0.0833. The first-order valence-electron chi connectivity index (χ1n) is 9.36. The molecule has 2 heterocycles. The normalized spacial score (nSPS) is 15.6. The second-order valence-corrected chi connectivity index (χ2v) is 7.28. The number of aryl methyl sites for hydroxylation is 1. The topological polar surface area (TPSA) is 50.5 Å². The first kappa shape index (κ1) is 18.2. The predicted octanol–water partition coefficient (Wildman–Crippen LogP) is 5.13. The maximum Gasteiger partial charge on any atom is 0.295 e.